The highest BCUT2D eigenvalue weighted by Gasteiger charge is 2.11. The van der Waals surface area contributed by atoms with Gasteiger partial charge in [0, 0.05) is 18.4 Å². The number of nitrogens with one attached hydrogen (secondary N) is 2. The predicted molar refractivity (Wildman–Crippen MR) is 107 cm³/mol. The van der Waals surface area contributed by atoms with Gasteiger partial charge in [0.1, 0.15) is 5.69 Å². The maximum atomic E-state index is 12.4. The fraction of sp³-hybridized carbons (Fsp3) is 0.333. The van der Waals surface area contributed by atoms with Crippen molar-refractivity contribution in [3.63, 3.8) is 0 Å². The van der Waals surface area contributed by atoms with Crippen molar-refractivity contribution in [2.45, 2.75) is 32.1 Å². The smallest absolute Gasteiger partial charge is 0.337 e. The fourth-order valence-corrected chi connectivity index (χ4v) is 3.04. The van der Waals surface area contributed by atoms with Crippen molar-refractivity contribution in [2.24, 2.45) is 0 Å². The molecular formula is C21H24N4O3. The van der Waals surface area contributed by atoms with Crippen LogP contribution in [-0.4, -0.2) is 35.5 Å². The number of amides is 1. The normalized spacial score (nSPS) is 13.4. The zero-order chi connectivity index (χ0) is 19.8. The Morgan fingerprint density at radius 1 is 1.14 bits per heavy atom. The molecule has 0 bridgehead atoms. The van der Waals surface area contributed by atoms with Crippen LogP contribution in [0.3, 0.4) is 0 Å². The molecule has 0 unspecified atom stereocenters. The molecule has 28 heavy (non-hydrogen) atoms. The topological polar surface area (TPSA) is 93.2 Å². The highest BCUT2D eigenvalue weighted by Crippen LogP contribution is 2.20. The maximum Gasteiger partial charge on any atom is 0.337 e. The lowest BCUT2D eigenvalue weighted by atomic mass is 9.97. The Labute approximate surface area is 164 Å². The Morgan fingerprint density at radius 2 is 1.96 bits per heavy atom. The van der Waals surface area contributed by atoms with E-state index in [-0.39, 0.29) is 11.6 Å². The number of methoxy groups -OCH3 is 1. The number of rotatable bonds is 7. The van der Waals surface area contributed by atoms with Gasteiger partial charge in [0.25, 0.3) is 5.91 Å². The second kappa shape index (κ2) is 9.64. The summed E-state index contributed by atoms with van der Waals surface area (Å²) in [6, 6.07) is 8.03. The Kier molecular flexibility index (Phi) is 6.73. The van der Waals surface area contributed by atoms with E-state index in [9.17, 15) is 9.59 Å². The molecule has 0 saturated carbocycles. The average Bonchev–Trinajstić information content (AvgIpc) is 2.74. The van der Waals surface area contributed by atoms with Gasteiger partial charge < -0.3 is 15.4 Å². The molecule has 0 atom stereocenters. The summed E-state index contributed by atoms with van der Waals surface area (Å²) in [5, 5.41) is 5.94. The molecule has 1 amide bonds. The van der Waals surface area contributed by atoms with Crippen LogP contribution in [0, 0.1) is 0 Å². The van der Waals surface area contributed by atoms with Gasteiger partial charge in [0.2, 0.25) is 5.95 Å². The standard InChI is InChI=1S/C21H24N4O3/c1-28-20(27)16-7-9-17(10-8-16)24-19(26)18-12-14-23-21(25-18)22-13-11-15-5-3-2-4-6-15/h5,7-10,12,14H,2-4,6,11,13H2,1H3,(H,24,26)(H,22,23,25). The third-order valence-corrected chi connectivity index (χ3v) is 4.57. The van der Waals surface area contributed by atoms with E-state index in [1.54, 1.807) is 36.5 Å². The number of esters is 1. The summed E-state index contributed by atoms with van der Waals surface area (Å²) < 4.78 is 4.66. The van der Waals surface area contributed by atoms with Crippen LogP contribution in [0.1, 0.15) is 53.0 Å². The number of anilines is 2. The number of benzene rings is 1. The summed E-state index contributed by atoms with van der Waals surface area (Å²) in [7, 11) is 1.32. The lowest BCUT2D eigenvalue weighted by Crippen LogP contribution is -2.16. The number of ether oxygens (including phenoxy) is 1. The quantitative estimate of drug-likeness (QED) is 0.560. The monoisotopic (exact) mass is 380 g/mol. The summed E-state index contributed by atoms with van der Waals surface area (Å²) in [6.45, 7) is 0.742. The average molecular weight is 380 g/mol. The number of carbonyl (C=O) groups is 2. The fourth-order valence-electron chi connectivity index (χ4n) is 3.04. The van der Waals surface area contributed by atoms with Gasteiger partial charge in [-0.25, -0.2) is 14.8 Å². The highest BCUT2D eigenvalue weighted by atomic mass is 16.5. The largest absolute Gasteiger partial charge is 0.465 e. The Bertz CT molecular complexity index is 862. The van der Waals surface area contributed by atoms with Crippen molar-refractivity contribution in [1.82, 2.24) is 9.97 Å². The molecule has 3 rings (SSSR count). The van der Waals surface area contributed by atoms with Crippen molar-refractivity contribution in [3.8, 4) is 0 Å². The summed E-state index contributed by atoms with van der Waals surface area (Å²) in [6.07, 6.45) is 9.72. The molecule has 1 aromatic heterocycles. The Morgan fingerprint density at radius 3 is 2.68 bits per heavy atom. The molecular weight excluding hydrogens is 356 g/mol. The molecule has 0 fully saturated rings. The first-order valence-electron chi connectivity index (χ1n) is 9.40. The van der Waals surface area contributed by atoms with E-state index in [1.165, 1.54) is 38.4 Å². The SMILES string of the molecule is COC(=O)c1ccc(NC(=O)c2ccnc(NCCC3=CCCCC3)n2)cc1. The summed E-state index contributed by atoms with van der Waals surface area (Å²) in [5.74, 6) is -0.329. The van der Waals surface area contributed by atoms with Crippen LogP contribution in [0.2, 0.25) is 0 Å². The molecule has 0 spiro atoms. The summed E-state index contributed by atoms with van der Waals surface area (Å²) >= 11 is 0. The van der Waals surface area contributed by atoms with Gasteiger partial charge >= 0.3 is 5.97 Å². The van der Waals surface area contributed by atoms with E-state index in [0.29, 0.717) is 17.2 Å². The first-order valence-corrected chi connectivity index (χ1v) is 9.40. The Balaban J connectivity index is 1.55. The minimum absolute atomic E-state index is 0.270. The molecule has 2 N–H and O–H groups in total. The maximum absolute atomic E-state index is 12.4. The molecule has 0 saturated heterocycles. The molecule has 1 aromatic carbocycles. The van der Waals surface area contributed by atoms with Crippen molar-refractivity contribution in [2.75, 3.05) is 24.3 Å². The van der Waals surface area contributed by atoms with Gasteiger partial charge in [0.05, 0.1) is 12.7 Å². The number of hydrogen-bond acceptors (Lipinski definition) is 6. The molecule has 0 radical (unpaired) electrons. The van der Waals surface area contributed by atoms with Crippen LogP contribution in [0.4, 0.5) is 11.6 Å². The van der Waals surface area contributed by atoms with Crippen molar-refractivity contribution >= 4 is 23.5 Å². The summed E-state index contributed by atoms with van der Waals surface area (Å²) in [5.41, 5.74) is 2.73. The zero-order valence-electron chi connectivity index (χ0n) is 15.9. The first-order chi connectivity index (χ1) is 13.7. The molecule has 1 aliphatic rings. The molecule has 1 heterocycles. The van der Waals surface area contributed by atoms with E-state index < -0.39 is 5.97 Å². The number of hydrogen-bond donors (Lipinski definition) is 2. The third kappa shape index (κ3) is 5.39. The number of carbonyl (C=O) groups excluding carboxylic acids is 2. The number of nitrogens with zero attached hydrogens (tertiary/aromatic N) is 2. The van der Waals surface area contributed by atoms with Gasteiger partial charge in [-0.2, -0.15) is 0 Å². The van der Waals surface area contributed by atoms with Crippen molar-refractivity contribution < 1.29 is 14.3 Å². The van der Waals surface area contributed by atoms with Crippen molar-refractivity contribution in [3.05, 3.63) is 59.4 Å². The summed E-state index contributed by atoms with van der Waals surface area (Å²) in [4.78, 5) is 32.4. The van der Waals surface area contributed by atoms with Gasteiger partial charge in [-0.1, -0.05) is 11.6 Å². The molecule has 7 heteroatoms. The van der Waals surface area contributed by atoms with Crippen LogP contribution in [0.5, 0.6) is 0 Å². The second-order valence-corrected chi connectivity index (χ2v) is 6.57. The van der Waals surface area contributed by atoms with Crippen LogP contribution in [-0.2, 0) is 4.74 Å². The van der Waals surface area contributed by atoms with E-state index in [0.717, 1.165) is 13.0 Å². The van der Waals surface area contributed by atoms with E-state index in [1.807, 2.05) is 0 Å². The molecule has 2 aromatic rings. The van der Waals surface area contributed by atoms with E-state index >= 15 is 0 Å². The van der Waals surface area contributed by atoms with Crippen molar-refractivity contribution in [1.29, 1.82) is 0 Å². The molecule has 0 aliphatic heterocycles. The number of allylic oxidation sites excluding steroid dienone is 1. The molecule has 1 aliphatic carbocycles. The van der Waals surface area contributed by atoms with E-state index in [2.05, 4.69) is 31.4 Å². The third-order valence-electron chi connectivity index (χ3n) is 4.57. The predicted octanol–water partition coefficient (Wildman–Crippen LogP) is 3.82. The lowest BCUT2D eigenvalue weighted by Gasteiger charge is -2.13. The first kappa shape index (κ1) is 19.5. The minimum atomic E-state index is -0.423. The van der Waals surface area contributed by atoms with Gasteiger partial charge in [0.15, 0.2) is 0 Å². The minimum Gasteiger partial charge on any atom is -0.465 e. The number of aromatic nitrogens is 2. The lowest BCUT2D eigenvalue weighted by molar-refractivity contribution is 0.0600. The zero-order valence-corrected chi connectivity index (χ0v) is 15.9. The second-order valence-electron chi connectivity index (χ2n) is 6.57. The van der Waals surface area contributed by atoms with Gasteiger partial charge in [-0.15, -0.1) is 0 Å². The van der Waals surface area contributed by atoms with Crippen LogP contribution in [0.15, 0.2) is 48.2 Å². The van der Waals surface area contributed by atoms with Gasteiger partial charge in [-0.3, -0.25) is 4.79 Å². The van der Waals surface area contributed by atoms with Crippen LogP contribution >= 0.6 is 0 Å². The van der Waals surface area contributed by atoms with Gasteiger partial charge in [-0.05, 0) is 62.4 Å². The highest BCUT2D eigenvalue weighted by molar-refractivity contribution is 6.03. The molecule has 7 nitrogen and oxygen atoms in total. The van der Waals surface area contributed by atoms with Crippen LogP contribution in [0.25, 0.3) is 0 Å². The van der Waals surface area contributed by atoms with Crippen LogP contribution < -0.4 is 10.6 Å². The van der Waals surface area contributed by atoms with E-state index in [4.69, 9.17) is 0 Å². The molecule has 146 valence electrons. The Hall–Kier alpha value is -3.22.